The van der Waals surface area contributed by atoms with Gasteiger partial charge in [0.1, 0.15) is 5.57 Å². The fraction of sp³-hybridized carbons (Fsp3) is 0.182. The second-order valence-corrected chi connectivity index (χ2v) is 7.30. The molecule has 2 amide bonds. The third kappa shape index (κ3) is 4.74. The van der Waals surface area contributed by atoms with Crippen LogP contribution in [0.4, 0.5) is 5.69 Å². The van der Waals surface area contributed by atoms with Gasteiger partial charge in [-0.15, -0.1) is 0 Å². The van der Waals surface area contributed by atoms with Crippen LogP contribution in [0.15, 0.2) is 42.0 Å². The van der Waals surface area contributed by atoms with E-state index in [0.717, 1.165) is 4.90 Å². The van der Waals surface area contributed by atoms with Gasteiger partial charge >= 0.3 is 5.97 Å². The minimum Gasteiger partial charge on any atom is -0.490 e. The first-order valence-corrected chi connectivity index (χ1v) is 10.4. The Labute approximate surface area is 194 Å². The van der Waals surface area contributed by atoms with Crippen molar-refractivity contribution in [1.29, 1.82) is 0 Å². The lowest BCUT2D eigenvalue weighted by Gasteiger charge is -2.29. The smallest absolute Gasteiger partial charge is 0.335 e. The number of aromatic carboxylic acids is 1. The lowest BCUT2D eigenvalue weighted by molar-refractivity contribution is -0.122. The number of ether oxygens (including phenoxy) is 2. The molecule has 0 aliphatic carbocycles. The van der Waals surface area contributed by atoms with Gasteiger partial charge in [-0.1, -0.05) is 11.6 Å². The molecule has 0 bridgehead atoms. The summed E-state index contributed by atoms with van der Waals surface area (Å²) in [6.07, 6.45) is 1.38. The van der Waals surface area contributed by atoms with Crippen LogP contribution in [-0.4, -0.2) is 41.2 Å². The predicted molar refractivity (Wildman–Crippen MR) is 123 cm³/mol. The second kappa shape index (κ2) is 9.80. The predicted octanol–water partition coefficient (Wildman–Crippen LogP) is 3.67. The minimum absolute atomic E-state index is 0.0522. The maximum absolute atomic E-state index is 13.1. The molecule has 0 saturated carbocycles. The molecule has 0 spiro atoms. The average molecular weight is 475 g/mol. The minimum atomic E-state index is -1.10. The van der Waals surface area contributed by atoms with E-state index < -0.39 is 17.8 Å². The Kier molecular flexibility index (Phi) is 7.12. The number of carboxylic acid groups (broad SMARTS) is 1. The van der Waals surface area contributed by atoms with Crippen LogP contribution in [0, 0.1) is 0 Å². The summed E-state index contributed by atoms with van der Waals surface area (Å²) in [6.45, 7) is 4.37. The normalized spacial score (nSPS) is 15.0. The number of anilines is 1. The van der Waals surface area contributed by atoms with Crippen LogP contribution in [0.25, 0.3) is 6.08 Å². The third-order valence-electron chi connectivity index (χ3n) is 4.41. The summed E-state index contributed by atoms with van der Waals surface area (Å²) >= 11 is 11.5. The number of nitrogens with one attached hydrogen (secondary N) is 1. The van der Waals surface area contributed by atoms with E-state index in [2.05, 4.69) is 5.32 Å². The Morgan fingerprint density at radius 1 is 1.16 bits per heavy atom. The lowest BCUT2D eigenvalue weighted by Crippen LogP contribution is -2.54. The number of halogens is 1. The molecular weight excluding hydrogens is 456 g/mol. The van der Waals surface area contributed by atoms with Gasteiger partial charge in [0.2, 0.25) is 0 Å². The molecule has 10 heteroatoms. The van der Waals surface area contributed by atoms with Gasteiger partial charge in [-0.25, -0.2) is 4.79 Å². The molecule has 2 aromatic carbocycles. The topological polar surface area (TPSA) is 105 Å². The van der Waals surface area contributed by atoms with E-state index in [1.54, 1.807) is 19.1 Å². The summed E-state index contributed by atoms with van der Waals surface area (Å²) in [5, 5.41) is 11.7. The Hall–Kier alpha value is -3.43. The molecular formula is C22H19ClN2O6S. The average Bonchev–Trinajstić information content (AvgIpc) is 2.74. The quantitative estimate of drug-likeness (QED) is 0.358. The number of hydrogen-bond acceptors (Lipinski definition) is 6. The highest BCUT2D eigenvalue weighted by molar-refractivity contribution is 7.80. The van der Waals surface area contributed by atoms with Gasteiger partial charge in [0.25, 0.3) is 11.8 Å². The van der Waals surface area contributed by atoms with Crippen LogP contribution in [0.3, 0.4) is 0 Å². The molecule has 2 aromatic rings. The molecule has 166 valence electrons. The maximum Gasteiger partial charge on any atom is 0.335 e. The lowest BCUT2D eigenvalue weighted by atomic mass is 10.1. The first kappa shape index (κ1) is 23.2. The number of benzene rings is 2. The molecule has 1 saturated heterocycles. The molecule has 0 unspecified atom stereocenters. The molecule has 0 radical (unpaired) electrons. The summed E-state index contributed by atoms with van der Waals surface area (Å²) in [6, 6.07) is 8.73. The van der Waals surface area contributed by atoms with Gasteiger partial charge in [0, 0.05) is 0 Å². The molecule has 8 nitrogen and oxygen atoms in total. The number of carbonyl (C=O) groups is 3. The van der Waals surface area contributed by atoms with Gasteiger partial charge in [-0.3, -0.25) is 19.8 Å². The van der Waals surface area contributed by atoms with Gasteiger partial charge in [0.05, 0.1) is 29.5 Å². The maximum atomic E-state index is 13.1. The first-order chi connectivity index (χ1) is 15.3. The Morgan fingerprint density at radius 3 is 2.41 bits per heavy atom. The molecule has 1 aliphatic heterocycles. The standard InChI is InChI=1S/C22H19ClN2O6S/c1-3-30-17-11-12(10-16(23)18(17)31-4-2)9-15-19(26)24-22(32)25(20(15)27)14-7-5-13(6-8-14)21(28)29/h5-11H,3-4H2,1-2H3,(H,28,29)(H,24,26,32)/b15-9+. The number of thiocarbonyl (C=S) groups is 1. The first-order valence-electron chi connectivity index (χ1n) is 9.60. The van der Waals surface area contributed by atoms with Crippen LogP contribution >= 0.6 is 23.8 Å². The molecule has 2 N–H and O–H groups in total. The van der Waals surface area contributed by atoms with Crippen LogP contribution in [0.5, 0.6) is 11.5 Å². The number of nitrogens with zero attached hydrogens (tertiary/aromatic N) is 1. The SMILES string of the molecule is CCOc1cc(/C=C2\C(=O)NC(=S)N(c3ccc(C(=O)O)cc3)C2=O)cc(Cl)c1OCC. The number of carboxylic acids is 1. The molecule has 1 aliphatic rings. The number of rotatable bonds is 7. The number of amides is 2. The largest absolute Gasteiger partial charge is 0.490 e. The highest BCUT2D eigenvalue weighted by Gasteiger charge is 2.34. The van der Waals surface area contributed by atoms with Crippen LogP contribution in [0.2, 0.25) is 5.02 Å². The van der Waals surface area contributed by atoms with Crippen molar-refractivity contribution in [3.05, 3.63) is 58.1 Å². The molecule has 1 heterocycles. The van der Waals surface area contributed by atoms with Crippen molar-refractivity contribution in [2.45, 2.75) is 13.8 Å². The molecule has 32 heavy (non-hydrogen) atoms. The Morgan fingerprint density at radius 2 is 1.81 bits per heavy atom. The third-order valence-corrected chi connectivity index (χ3v) is 4.97. The Bertz CT molecular complexity index is 1130. The second-order valence-electron chi connectivity index (χ2n) is 6.51. The van der Waals surface area contributed by atoms with Crippen molar-refractivity contribution in [1.82, 2.24) is 5.32 Å². The highest BCUT2D eigenvalue weighted by atomic mass is 35.5. The van der Waals surface area contributed by atoms with E-state index in [0.29, 0.717) is 36.0 Å². The van der Waals surface area contributed by atoms with Gasteiger partial charge in [-0.2, -0.15) is 0 Å². The summed E-state index contributed by atoms with van der Waals surface area (Å²) in [5.74, 6) is -1.67. The Balaban J connectivity index is 2.01. The summed E-state index contributed by atoms with van der Waals surface area (Å²) < 4.78 is 11.1. The summed E-state index contributed by atoms with van der Waals surface area (Å²) in [4.78, 5) is 37.9. The zero-order chi connectivity index (χ0) is 23.4. The molecule has 0 atom stereocenters. The van der Waals surface area contributed by atoms with Crippen molar-refractivity contribution in [2.75, 3.05) is 18.1 Å². The zero-order valence-corrected chi connectivity index (χ0v) is 18.7. The van der Waals surface area contributed by atoms with E-state index in [9.17, 15) is 14.4 Å². The van der Waals surface area contributed by atoms with Gasteiger partial charge in [-0.05, 0) is 74.1 Å². The van der Waals surface area contributed by atoms with Crippen molar-refractivity contribution in [2.24, 2.45) is 0 Å². The highest BCUT2D eigenvalue weighted by Crippen LogP contribution is 2.37. The van der Waals surface area contributed by atoms with Crippen molar-refractivity contribution < 1.29 is 29.0 Å². The van der Waals surface area contributed by atoms with E-state index in [4.69, 9.17) is 38.4 Å². The number of carbonyl (C=O) groups excluding carboxylic acids is 2. The van der Waals surface area contributed by atoms with Gasteiger partial charge in [0.15, 0.2) is 16.6 Å². The van der Waals surface area contributed by atoms with E-state index >= 15 is 0 Å². The molecule has 1 fully saturated rings. The molecule has 0 aromatic heterocycles. The fourth-order valence-electron chi connectivity index (χ4n) is 3.03. The van der Waals surface area contributed by atoms with Crippen molar-refractivity contribution >= 4 is 58.5 Å². The van der Waals surface area contributed by atoms with Gasteiger partial charge < -0.3 is 14.6 Å². The zero-order valence-electron chi connectivity index (χ0n) is 17.2. The fourth-order valence-corrected chi connectivity index (χ4v) is 3.59. The van der Waals surface area contributed by atoms with E-state index in [-0.39, 0.29) is 21.3 Å². The van der Waals surface area contributed by atoms with Crippen molar-refractivity contribution in [3.63, 3.8) is 0 Å². The van der Waals surface area contributed by atoms with E-state index in [1.807, 2.05) is 6.92 Å². The molecule has 3 rings (SSSR count). The monoisotopic (exact) mass is 474 g/mol. The van der Waals surface area contributed by atoms with E-state index in [1.165, 1.54) is 30.3 Å². The summed E-state index contributed by atoms with van der Waals surface area (Å²) in [5.41, 5.74) is 0.644. The van der Waals surface area contributed by atoms with Crippen LogP contribution < -0.4 is 19.7 Å². The van der Waals surface area contributed by atoms with Crippen LogP contribution in [-0.2, 0) is 9.59 Å². The number of hydrogen-bond donors (Lipinski definition) is 2. The summed E-state index contributed by atoms with van der Waals surface area (Å²) in [7, 11) is 0. The van der Waals surface area contributed by atoms with Crippen LogP contribution in [0.1, 0.15) is 29.8 Å². The van der Waals surface area contributed by atoms with Crippen molar-refractivity contribution in [3.8, 4) is 11.5 Å².